The van der Waals surface area contributed by atoms with Crippen molar-refractivity contribution in [1.82, 2.24) is 0 Å². The average Bonchev–Trinajstić information content (AvgIpc) is 2.37. The lowest BCUT2D eigenvalue weighted by Gasteiger charge is -2.04. The summed E-state index contributed by atoms with van der Waals surface area (Å²) in [7, 11) is 0. The summed E-state index contributed by atoms with van der Waals surface area (Å²) in [6.45, 7) is 1.58. The minimum atomic E-state index is -0.651. The van der Waals surface area contributed by atoms with Gasteiger partial charge in [-0.05, 0) is 42.3 Å². The first-order valence-electron chi connectivity index (χ1n) is 5.70. The highest BCUT2D eigenvalue weighted by atomic mass is 19.1. The molecule has 98 valence electrons. The SMILES string of the molecule is Cc1ccc(C(=O)Cc2cc(F)ccc2F)cc1F. The molecule has 2 aromatic rings. The second-order valence-corrected chi connectivity index (χ2v) is 4.30. The minimum Gasteiger partial charge on any atom is -0.294 e. The van der Waals surface area contributed by atoms with Crippen molar-refractivity contribution < 1.29 is 18.0 Å². The Kier molecular flexibility index (Phi) is 3.69. The van der Waals surface area contributed by atoms with E-state index in [1.165, 1.54) is 12.1 Å². The van der Waals surface area contributed by atoms with Crippen molar-refractivity contribution in [3.05, 3.63) is 70.5 Å². The molecule has 0 spiro atoms. The Bertz CT molecular complexity index is 635. The number of carbonyl (C=O) groups is 1. The summed E-state index contributed by atoms with van der Waals surface area (Å²) in [5.74, 6) is -2.21. The lowest BCUT2D eigenvalue weighted by molar-refractivity contribution is 0.0991. The van der Waals surface area contributed by atoms with Crippen molar-refractivity contribution in [3.63, 3.8) is 0 Å². The predicted molar refractivity (Wildman–Crippen MR) is 65.5 cm³/mol. The first-order chi connectivity index (χ1) is 8.97. The molecule has 0 radical (unpaired) electrons. The van der Waals surface area contributed by atoms with E-state index in [-0.39, 0.29) is 17.5 Å². The van der Waals surface area contributed by atoms with E-state index in [0.717, 1.165) is 24.3 Å². The number of rotatable bonds is 3. The highest BCUT2D eigenvalue weighted by Crippen LogP contribution is 2.15. The van der Waals surface area contributed by atoms with Crippen molar-refractivity contribution in [2.24, 2.45) is 0 Å². The monoisotopic (exact) mass is 264 g/mol. The van der Waals surface area contributed by atoms with Crippen molar-refractivity contribution in [2.45, 2.75) is 13.3 Å². The second-order valence-electron chi connectivity index (χ2n) is 4.30. The van der Waals surface area contributed by atoms with Gasteiger partial charge < -0.3 is 0 Å². The van der Waals surface area contributed by atoms with E-state index >= 15 is 0 Å². The van der Waals surface area contributed by atoms with Crippen LogP contribution >= 0.6 is 0 Å². The third-order valence-electron chi connectivity index (χ3n) is 2.85. The predicted octanol–water partition coefficient (Wildman–Crippen LogP) is 3.84. The van der Waals surface area contributed by atoms with Crippen LogP contribution < -0.4 is 0 Å². The van der Waals surface area contributed by atoms with Crippen molar-refractivity contribution >= 4 is 5.78 Å². The molecule has 0 saturated heterocycles. The maximum Gasteiger partial charge on any atom is 0.167 e. The van der Waals surface area contributed by atoms with Gasteiger partial charge in [0.1, 0.15) is 17.5 Å². The maximum atomic E-state index is 13.4. The van der Waals surface area contributed by atoms with E-state index in [4.69, 9.17) is 0 Å². The van der Waals surface area contributed by atoms with E-state index < -0.39 is 23.2 Å². The largest absolute Gasteiger partial charge is 0.294 e. The standard InChI is InChI=1S/C15H11F3O/c1-9-2-3-10(7-14(9)18)15(19)8-11-6-12(16)4-5-13(11)17/h2-7H,8H2,1H3. The third-order valence-corrected chi connectivity index (χ3v) is 2.85. The van der Waals surface area contributed by atoms with Gasteiger partial charge in [-0.2, -0.15) is 0 Å². The fourth-order valence-corrected chi connectivity index (χ4v) is 1.72. The van der Waals surface area contributed by atoms with Crippen LogP contribution in [0.3, 0.4) is 0 Å². The molecule has 1 nitrogen and oxygen atoms in total. The Hall–Kier alpha value is -2.10. The van der Waals surface area contributed by atoms with Gasteiger partial charge in [-0.15, -0.1) is 0 Å². The fraction of sp³-hybridized carbons (Fsp3) is 0.133. The molecular weight excluding hydrogens is 253 g/mol. The lowest BCUT2D eigenvalue weighted by Crippen LogP contribution is -2.06. The van der Waals surface area contributed by atoms with E-state index in [1.807, 2.05) is 0 Å². The molecule has 0 aromatic heterocycles. The number of halogens is 3. The van der Waals surface area contributed by atoms with Gasteiger partial charge >= 0.3 is 0 Å². The van der Waals surface area contributed by atoms with Gasteiger partial charge in [0.25, 0.3) is 0 Å². The van der Waals surface area contributed by atoms with Gasteiger partial charge in [-0.3, -0.25) is 4.79 Å². The summed E-state index contributed by atoms with van der Waals surface area (Å²) in [5.41, 5.74) is 0.534. The number of carbonyl (C=O) groups excluding carboxylic acids is 1. The van der Waals surface area contributed by atoms with E-state index in [1.54, 1.807) is 6.92 Å². The zero-order chi connectivity index (χ0) is 14.0. The molecule has 2 aromatic carbocycles. The molecule has 0 aliphatic heterocycles. The summed E-state index contributed by atoms with van der Waals surface area (Å²) in [6, 6.07) is 6.97. The molecule has 0 saturated carbocycles. The minimum absolute atomic E-state index is 0.0361. The molecule has 2 rings (SSSR count). The van der Waals surface area contributed by atoms with Gasteiger partial charge in [0.15, 0.2) is 5.78 Å². The summed E-state index contributed by atoms with van der Waals surface area (Å²) in [5, 5.41) is 0. The molecule has 0 amide bonds. The van der Waals surface area contributed by atoms with E-state index in [9.17, 15) is 18.0 Å². The van der Waals surface area contributed by atoms with E-state index in [0.29, 0.717) is 5.56 Å². The van der Waals surface area contributed by atoms with Gasteiger partial charge in [-0.1, -0.05) is 12.1 Å². The Morgan fingerprint density at radius 3 is 2.42 bits per heavy atom. The average molecular weight is 264 g/mol. The van der Waals surface area contributed by atoms with Crippen molar-refractivity contribution in [1.29, 1.82) is 0 Å². The summed E-state index contributed by atoms with van der Waals surface area (Å²) >= 11 is 0. The third kappa shape index (κ3) is 3.02. The van der Waals surface area contributed by atoms with Gasteiger partial charge in [0.05, 0.1) is 0 Å². The van der Waals surface area contributed by atoms with Gasteiger partial charge in [0, 0.05) is 12.0 Å². The number of aryl methyl sites for hydroxylation is 1. The number of hydrogen-bond acceptors (Lipinski definition) is 1. The first kappa shape index (κ1) is 13.3. The molecule has 0 aliphatic rings. The normalized spacial score (nSPS) is 10.5. The first-order valence-corrected chi connectivity index (χ1v) is 5.70. The number of benzene rings is 2. The van der Waals surface area contributed by atoms with Crippen LogP contribution in [0.25, 0.3) is 0 Å². The van der Waals surface area contributed by atoms with Crippen LogP contribution in [0.5, 0.6) is 0 Å². The topological polar surface area (TPSA) is 17.1 Å². The molecule has 4 heteroatoms. The maximum absolute atomic E-state index is 13.4. The van der Waals surface area contributed by atoms with Crippen molar-refractivity contribution in [2.75, 3.05) is 0 Å². The van der Waals surface area contributed by atoms with Gasteiger partial charge in [-0.25, -0.2) is 13.2 Å². The van der Waals surface area contributed by atoms with Crippen LogP contribution in [0.15, 0.2) is 36.4 Å². The summed E-state index contributed by atoms with van der Waals surface area (Å²) in [6.07, 6.45) is -0.300. The molecule has 0 N–H and O–H groups in total. The molecule has 0 heterocycles. The highest BCUT2D eigenvalue weighted by molar-refractivity contribution is 5.97. The lowest BCUT2D eigenvalue weighted by atomic mass is 10.0. The van der Waals surface area contributed by atoms with Gasteiger partial charge in [0.2, 0.25) is 0 Å². The molecule has 0 fully saturated rings. The summed E-state index contributed by atoms with van der Waals surface area (Å²) in [4.78, 5) is 11.9. The zero-order valence-corrected chi connectivity index (χ0v) is 10.2. The van der Waals surface area contributed by atoms with Crippen LogP contribution in [0, 0.1) is 24.4 Å². The van der Waals surface area contributed by atoms with Crippen LogP contribution in [-0.4, -0.2) is 5.78 Å². The second kappa shape index (κ2) is 5.26. The zero-order valence-electron chi connectivity index (χ0n) is 10.2. The number of hydrogen-bond donors (Lipinski definition) is 0. The van der Waals surface area contributed by atoms with Crippen LogP contribution in [0.4, 0.5) is 13.2 Å². The van der Waals surface area contributed by atoms with Crippen LogP contribution in [-0.2, 0) is 6.42 Å². The number of ketones is 1. The molecule has 0 aliphatic carbocycles. The Balaban J connectivity index is 2.25. The molecular formula is C15H11F3O. The Labute approximate surface area is 108 Å². The Morgan fingerprint density at radius 1 is 1.00 bits per heavy atom. The Morgan fingerprint density at radius 2 is 1.74 bits per heavy atom. The van der Waals surface area contributed by atoms with Crippen LogP contribution in [0.1, 0.15) is 21.5 Å². The molecule has 0 bridgehead atoms. The van der Waals surface area contributed by atoms with Crippen molar-refractivity contribution in [3.8, 4) is 0 Å². The molecule has 19 heavy (non-hydrogen) atoms. The highest BCUT2D eigenvalue weighted by Gasteiger charge is 2.12. The smallest absolute Gasteiger partial charge is 0.167 e. The van der Waals surface area contributed by atoms with E-state index in [2.05, 4.69) is 0 Å². The molecule has 0 atom stereocenters. The quantitative estimate of drug-likeness (QED) is 0.770. The fourth-order valence-electron chi connectivity index (χ4n) is 1.72. The van der Waals surface area contributed by atoms with Crippen LogP contribution in [0.2, 0.25) is 0 Å². The summed E-state index contributed by atoms with van der Waals surface area (Å²) < 4.78 is 39.7. The number of Topliss-reactive ketones (excluding diaryl/α,β-unsaturated/α-hetero) is 1. The molecule has 0 unspecified atom stereocenters.